The lowest BCUT2D eigenvalue weighted by molar-refractivity contribution is -0.672. The smallest absolute Gasteiger partial charge is 0.213 e. The summed E-state index contributed by atoms with van der Waals surface area (Å²) in [7, 11) is 0. The van der Waals surface area contributed by atoms with Gasteiger partial charge in [0.15, 0.2) is 18.5 Å². The summed E-state index contributed by atoms with van der Waals surface area (Å²) in [5.74, 6) is 0.128. The molecule has 0 bridgehead atoms. The van der Waals surface area contributed by atoms with Gasteiger partial charge in [-0.2, -0.15) is 4.57 Å². The van der Waals surface area contributed by atoms with Crippen LogP contribution in [0.3, 0.4) is 0 Å². The van der Waals surface area contributed by atoms with E-state index in [2.05, 4.69) is 16.8 Å². The number of benzene rings is 1. The number of carbonyl (C=O) groups is 1. The molecule has 1 aliphatic rings. The molecule has 2 aromatic rings. The Morgan fingerprint density at radius 2 is 2.12 bits per heavy atom. The van der Waals surface area contributed by atoms with Crippen LogP contribution >= 0.6 is 0 Å². The first-order chi connectivity index (χ1) is 7.75. The number of aromatic nitrogens is 1. The summed E-state index contributed by atoms with van der Waals surface area (Å²) in [6.07, 6.45) is 2.07. The molecule has 1 aromatic carbocycles. The molecule has 16 heavy (non-hydrogen) atoms. The fourth-order valence-electron chi connectivity index (χ4n) is 2.24. The minimum atomic E-state index is 0.128. The second kappa shape index (κ2) is 3.27. The molecule has 2 nitrogen and oxygen atoms in total. The standard InChI is InChI=1S/C14H12NO/c1-10(16)11-5-6-13-12(8-11)9-15-7-3-2-4-14(13)15/h2-8H,9H2,1H3/q+1. The van der Waals surface area contributed by atoms with Gasteiger partial charge < -0.3 is 0 Å². The first kappa shape index (κ1) is 9.28. The zero-order chi connectivity index (χ0) is 11.1. The predicted molar refractivity (Wildman–Crippen MR) is 61.2 cm³/mol. The van der Waals surface area contributed by atoms with E-state index in [4.69, 9.17) is 0 Å². The first-order valence-corrected chi connectivity index (χ1v) is 5.38. The Hall–Kier alpha value is -1.96. The highest BCUT2D eigenvalue weighted by molar-refractivity contribution is 5.94. The van der Waals surface area contributed by atoms with Gasteiger partial charge in [0.2, 0.25) is 5.69 Å². The molecule has 0 aliphatic carbocycles. The number of hydrogen-bond donors (Lipinski definition) is 0. The molecule has 0 spiro atoms. The molecule has 2 heterocycles. The summed E-state index contributed by atoms with van der Waals surface area (Å²) < 4.78 is 2.20. The number of Topliss-reactive ketones (excluding diaryl/α,β-unsaturated/α-hetero) is 1. The summed E-state index contributed by atoms with van der Waals surface area (Å²) in [5.41, 5.74) is 4.50. The molecular formula is C14H12NO+. The van der Waals surface area contributed by atoms with E-state index in [1.165, 1.54) is 16.8 Å². The Bertz CT molecular complexity index is 587. The van der Waals surface area contributed by atoms with Gasteiger partial charge in [-0.3, -0.25) is 4.79 Å². The van der Waals surface area contributed by atoms with Crippen molar-refractivity contribution in [2.24, 2.45) is 0 Å². The molecule has 0 N–H and O–H groups in total. The molecule has 0 unspecified atom stereocenters. The van der Waals surface area contributed by atoms with E-state index in [1.54, 1.807) is 6.92 Å². The second-order valence-electron chi connectivity index (χ2n) is 4.14. The molecule has 0 amide bonds. The number of ketones is 1. The molecule has 1 aromatic heterocycles. The van der Waals surface area contributed by atoms with E-state index in [0.29, 0.717) is 0 Å². The van der Waals surface area contributed by atoms with Crippen LogP contribution in [0.2, 0.25) is 0 Å². The molecule has 0 saturated carbocycles. The van der Waals surface area contributed by atoms with Crippen molar-refractivity contribution >= 4 is 5.78 Å². The van der Waals surface area contributed by atoms with Crippen molar-refractivity contribution in [2.45, 2.75) is 13.5 Å². The molecular weight excluding hydrogens is 198 g/mol. The van der Waals surface area contributed by atoms with E-state index in [9.17, 15) is 4.79 Å². The third-order valence-electron chi connectivity index (χ3n) is 3.07. The second-order valence-corrected chi connectivity index (χ2v) is 4.14. The Morgan fingerprint density at radius 1 is 1.25 bits per heavy atom. The molecule has 78 valence electrons. The Labute approximate surface area is 94.2 Å². The molecule has 0 atom stereocenters. The molecule has 0 fully saturated rings. The predicted octanol–water partition coefficient (Wildman–Crippen LogP) is 2.21. The van der Waals surface area contributed by atoms with Crippen molar-refractivity contribution in [2.75, 3.05) is 0 Å². The van der Waals surface area contributed by atoms with Crippen LogP contribution in [0.4, 0.5) is 0 Å². The summed E-state index contributed by atoms with van der Waals surface area (Å²) in [6.45, 7) is 2.48. The zero-order valence-corrected chi connectivity index (χ0v) is 9.10. The van der Waals surface area contributed by atoms with Gasteiger partial charge in [0.25, 0.3) is 0 Å². The van der Waals surface area contributed by atoms with Crippen LogP contribution in [-0.4, -0.2) is 5.78 Å². The Morgan fingerprint density at radius 3 is 2.94 bits per heavy atom. The SMILES string of the molecule is CC(=O)c1ccc2c(c1)C[n+]1ccccc1-2. The maximum atomic E-state index is 11.3. The van der Waals surface area contributed by atoms with Crippen molar-refractivity contribution in [3.8, 4) is 11.3 Å². The summed E-state index contributed by atoms with van der Waals surface area (Å²) >= 11 is 0. The maximum absolute atomic E-state index is 11.3. The van der Waals surface area contributed by atoms with Gasteiger partial charge in [0.1, 0.15) is 0 Å². The first-order valence-electron chi connectivity index (χ1n) is 5.38. The van der Waals surface area contributed by atoms with Crippen molar-refractivity contribution < 1.29 is 9.36 Å². The zero-order valence-electron chi connectivity index (χ0n) is 9.10. The van der Waals surface area contributed by atoms with Crippen LogP contribution in [0.5, 0.6) is 0 Å². The fraction of sp³-hybridized carbons (Fsp3) is 0.143. The van der Waals surface area contributed by atoms with Gasteiger partial charge in [0.05, 0.1) is 5.56 Å². The van der Waals surface area contributed by atoms with Gasteiger partial charge in [-0.15, -0.1) is 0 Å². The van der Waals surface area contributed by atoms with Crippen molar-refractivity contribution in [1.82, 2.24) is 0 Å². The number of rotatable bonds is 1. The van der Waals surface area contributed by atoms with Crippen LogP contribution in [-0.2, 0) is 6.54 Å². The average Bonchev–Trinajstić information content (AvgIpc) is 2.66. The number of fused-ring (bicyclic) bond motifs is 3. The summed E-state index contributed by atoms with van der Waals surface area (Å²) in [5, 5.41) is 0. The van der Waals surface area contributed by atoms with Gasteiger partial charge in [-0.05, 0) is 25.1 Å². The highest BCUT2D eigenvalue weighted by atomic mass is 16.1. The van der Waals surface area contributed by atoms with Crippen LogP contribution in [0, 0.1) is 0 Å². The van der Waals surface area contributed by atoms with Crippen LogP contribution < -0.4 is 4.57 Å². The number of carbonyl (C=O) groups excluding carboxylic acids is 1. The van der Waals surface area contributed by atoms with Crippen molar-refractivity contribution in [1.29, 1.82) is 0 Å². The quantitative estimate of drug-likeness (QED) is 0.445. The van der Waals surface area contributed by atoms with E-state index in [-0.39, 0.29) is 5.78 Å². The minimum Gasteiger partial charge on any atom is -0.295 e. The lowest BCUT2D eigenvalue weighted by Gasteiger charge is -1.97. The van der Waals surface area contributed by atoms with Gasteiger partial charge in [-0.25, -0.2) is 0 Å². The van der Waals surface area contributed by atoms with Crippen LogP contribution in [0.25, 0.3) is 11.3 Å². The van der Waals surface area contributed by atoms with Gasteiger partial charge in [-0.1, -0.05) is 6.07 Å². The Balaban J connectivity index is 2.18. The number of pyridine rings is 1. The summed E-state index contributed by atoms with van der Waals surface area (Å²) in [4.78, 5) is 11.3. The molecule has 0 radical (unpaired) electrons. The van der Waals surface area contributed by atoms with E-state index < -0.39 is 0 Å². The molecule has 2 heteroatoms. The van der Waals surface area contributed by atoms with E-state index >= 15 is 0 Å². The lowest BCUT2D eigenvalue weighted by atomic mass is 10.0. The van der Waals surface area contributed by atoms with Crippen LogP contribution in [0.15, 0.2) is 42.6 Å². The maximum Gasteiger partial charge on any atom is 0.213 e. The number of hydrogen-bond acceptors (Lipinski definition) is 1. The monoisotopic (exact) mass is 210 g/mol. The van der Waals surface area contributed by atoms with Gasteiger partial charge >= 0.3 is 0 Å². The van der Waals surface area contributed by atoms with Crippen molar-refractivity contribution in [3.05, 3.63) is 53.7 Å². The highest BCUT2D eigenvalue weighted by Crippen LogP contribution is 2.26. The number of nitrogens with zero attached hydrogens (tertiary/aromatic N) is 1. The topological polar surface area (TPSA) is 20.9 Å². The third kappa shape index (κ3) is 1.27. The third-order valence-corrected chi connectivity index (χ3v) is 3.07. The molecule has 1 aliphatic heterocycles. The van der Waals surface area contributed by atoms with Gasteiger partial charge in [0, 0.05) is 23.3 Å². The summed E-state index contributed by atoms with van der Waals surface area (Å²) in [6, 6.07) is 12.1. The molecule has 3 rings (SSSR count). The van der Waals surface area contributed by atoms with E-state index in [1.807, 2.05) is 30.3 Å². The largest absolute Gasteiger partial charge is 0.295 e. The van der Waals surface area contributed by atoms with Crippen LogP contribution in [0.1, 0.15) is 22.8 Å². The average molecular weight is 210 g/mol. The normalized spacial score (nSPS) is 12.1. The van der Waals surface area contributed by atoms with E-state index in [0.717, 1.165) is 12.1 Å². The fourth-order valence-corrected chi connectivity index (χ4v) is 2.24. The lowest BCUT2D eigenvalue weighted by Crippen LogP contribution is -2.31. The highest BCUT2D eigenvalue weighted by Gasteiger charge is 2.25. The van der Waals surface area contributed by atoms with Crippen molar-refractivity contribution in [3.63, 3.8) is 0 Å². The minimum absolute atomic E-state index is 0.128. The Kier molecular flexibility index (Phi) is 1.90. The molecule has 0 saturated heterocycles.